The third-order valence-electron chi connectivity index (χ3n) is 4.30. The number of hydrogen-bond acceptors (Lipinski definition) is 2. The fourth-order valence-corrected chi connectivity index (χ4v) is 2.85. The second-order valence-corrected chi connectivity index (χ2v) is 6.37. The first-order chi connectivity index (χ1) is 8.91. The summed E-state index contributed by atoms with van der Waals surface area (Å²) in [7, 11) is 1.99. The van der Waals surface area contributed by atoms with Crippen molar-refractivity contribution >= 4 is 12.0 Å². The SMILES string of the molecule is CN(c1cc(F)cc(C=O)c1)C1CCC(C)(C)CC1. The maximum absolute atomic E-state index is 13.5. The van der Waals surface area contributed by atoms with Gasteiger partial charge in [0, 0.05) is 24.3 Å². The molecule has 0 saturated heterocycles. The Balaban J connectivity index is 2.13. The topological polar surface area (TPSA) is 20.3 Å². The van der Waals surface area contributed by atoms with Gasteiger partial charge in [0.25, 0.3) is 0 Å². The molecule has 2 rings (SSSR count). The summed E-state index contributed by atoms with van der Waals surface area (Å²) in [6.45, 7) is 4.60. The van der Waals surface area contributed by atoms with Gasteiger partial charge in [0.1, 0.15) is 12.1 Å². The van der Waals surface area contributed by atoms with E-state index in [2.05, 4.69) is 18.7 Å². The highest BCUT2D eigenvalue weighted by Crippen LogP contribution is 2.37. The lowest BCUT2D eigenvalue weighted by Crippen LogP contribution is -2.37. The molecule has 0 aromatic heterocycles. The molecule has 0 amide bonds. The maximum atomic E-state index is 13.5. The number of nitrogens with zero attached hydrogens (tertiary/aromatic N) is 1. The van der Waals surface area contributed by atoms with Gasteiger partial charge in [0.2, 0.25) is 0 Å². The van der Waals surface area contributed by atoms with Crippen LogP contribution in [-0.4, -0.2) is 19.4 Å². The fraction of sp³-hybridized carbons (Fsp3) is 0.562. The number of hydrogen-bond donors (Lipinski definition) is 0. The molecule has 0 spiro atoms. The third kappa shape index (κ3) is 3.34. The molecule has 1 aromatic rings. The van der Waals surface area contributed by atoms with Gasteiger partial charge in [0.05, 0.1) is 0 Å². The number of benzene rings is 1. The van der Waals surface area contributed by atoms with E-state index in [0.29, 0.717) is 23.3 Å². The van der Waals surface area contributed by atoms with Crippen LogP contribution >= 0.6 is 0 Å². The van der Waals surface area contributed by atoms with E-state index in [0.717, 1.165) is 18.5 Å². The van der Waals surface area contributed by atoms with Crippen LogP contribution in [0.4, 0.5) is 10.1 Å². The minimum Gasteiger partial charge on any atom is -0.372 e. The lowest BCUT2D eigenvalue weighted by molar-refractivity contribution is 0.112. The van der Waals surface area contributed by atoms with Crippen LogP contribution in [0.15, 0.2) is 18.2 Å². The third-order valence-corrected chi connectivity index (χ3v) is 4.30. The molecule has 0 radical (unpaired) electrons. The van der Waals surface area contributed by atoms with Crippen molar-refractivity contribution in [3.8, 4) is 0 Å². The Labute approximate surface area is 114 Å². The Kier molecular flexibility index (Phi) is 3.93. The normalized spacial score (nSPS) is 19.2. The monoisotopic (exact) mass is 263 g/mol. The largest absolute Gasteiger partial charge is 0.372 e. The van der Waals surface area contributed by atoms with Crippen LogP contribution in [0.2, 0.25) is 0 Å². The molecule has 104 valence electrons. The van der Waals surface area contributed by atoms with Crippen LogP contribution in [0, 0.1) is 11.2 Å². The Bertz CT molecular complexity index is 460. The van der Waals surface area contributed by atoms with E-state index in [9.17, 15) is 9.18 Å². The zero-order valence-corrected chi connectivity index (χ0v) is 11.9. The van der Waals surface area contributed by atoms with Crippen LogP contribution in [0.5, 0.6) is 0 Å². The van der Waals surface area contributed by atoms with Crippen LogP contribution in [0.25, 0.3) is 0 Å². The van der Waals surface area contributed by atoms with Crippen molar-refractivity contribution in [2.45, 2.75) is 45.6 Å². The van der Waals surface area contributed by atoms with Gasteiger partial charge in [0.15, 0.2) is 0 Å². The van der Waals surface area contributed by atoms with Gasteiger partial charge in [-0.25, -0.2) is 4.39 Å². The highest BCUT2D eigenvalue weighted by atomic mass is 19.1. The molecule has 0 aliphatic heterocycles. The standard InChI is InChI=1S/C16H22FNO/c1-16(2)6-4-14(5-7-16)18(3)15-9-12(11-19)8-13(17)10-15/h8-11,14H,4-7H2,1-3H3. The first kappa shape index (κ1) is 14.0. The average molecular weight is 263 g/mol. The molecule has 19 heavy (non-hydrogen) atoms. The van der Waals surface area contributed by atoms with Crippen LogP contribution in [0.3, 0.4) is 0 Å². The summed E-state index contributed by atoms with van der Waals surface area (Å²) in [6, 6.07) is 4.98. The second-order valence-electron chi connectivity index (χ2n) is 6.37. The summed E-state index contributed by atoms with van der Waals surface area (Å²) in [5.74, 6) is -0.345. The van der Waals surface area contributed by atoms with Gasteiger partial charge >= 0.3 is 0 Å². The predicted molar refractivity (Wildman–Crippen MR) is 76.2 cm³/mol. The predicted octanol–water partition coefficient (Wildman–Crippen LogP) is 4.04. The van der Waals surface area contributed by atoms with Crippen molar-refractivity contribution in [2.24, 2.45) is 5.41 Å². The molecule has 1 fully saturated rings. The first-order valence-electron chi connectivity index (χ1n) is 6.90. The zero-order valence-electron chi connectivity index (χ0n) is 11.9. The number of carbonyl (C=O) groups is 1. The van der Waals surface area contributed by atoms with E-state index in [1.807, 2.05) is 7.05 Å². The Hall–Kier alpha value is -1.38. The van der Waals surface area contributed by atoms with Gasteiger partial charge < -0.3 is 4.90 Å². The number of carbonyl (C=O) groups excluding carboxylic acids is 1. The van der Waals surface area contributed by atoms with Crippen LogP contribution in [0.1, 0.15) is 49.9 Å². The van der Waals surface area contributed by atoms with Crippen LogP contribution < -0.4 is 4.90 Å². The van der Waals surface area contributed by atoms with E-state index in [-0.39, 0.29) is 5.82 Å². The van der Waals surface area contributed by atoms with Gasteiger partial charge in [-0.2, -0.15) is 0 Å². The van der Waals surface area contributed by atoms with E-state index in [1.54, 1.807) is 6.07 Å². The van der Waals surface area contributed by atoms with Gasteiger partial charge in [-0.3, -0.25) is 4.79 Å². The highest BCUT2D eigenvalue weighted by Gasteiger charge is 2.29. The molecular formula is C16H22FNO. The lowest BCUT2D eigenvalue weighted by atomic mass is 9.75. The Morgan fingerprint density at radius 2 is 1.89 bits per heavy atom. The molecule has 1 saturated carbocycles. The Morgan fingerprint density at radius 3 is 2.47 bits per heavy atom. The molecule has 1 aromatic carbocycles. The van der Waals surface area contributed by atoms with E-state index in [4.69, 9.17) is 0 Å². The molecule has 0 atom stereocenters. The van der Waals surface area contributed by atoms with E-state index < -0.39 is 0 Å². The van der Waals surface area contributed by atoms with Crippen molar-refractivity contribution in [1.29, 1.82) is 0 Å². The summed E-state index contributed by atoms with van der Waals surface area (Å²) < 4.78 is 13.5. The van der Waals surface area contributed by atoms with Crippen molar-refractivity contribution in [2.75, 3.05) is 11.9 Å². The van der Waals surface area contributed by atoms with Crippen molar-refractivity contribution in [1.82, 2.24) is 0 Å². The molecule has 0 unspecified atom stereocenters. The summed E-state index contributed by atoms with van der Waals surface area (Å²) in [6.07, 6.45) is 5.33. The van der Waals surface area contributed by atoms with Gasteiger partial charge in [-0.15, -0.1) is 0 Å². The first-order valence-corrected chi connectivity index (χ1v) is 6.90. The van der Waals surface area contributed by atoms with Gasteiger partial charge in [-0.05, 0) is 49.3 Å². The molecule has 0 N–H and O–H groups in total. The molecule has 2 nitrogen and oxygen atoms in total. The molecule has 0 bridgehead atoms. The molecular weight excluding hydrogens is 241 g/mol. The molecule has 0 heterocycles. The van der Waals surface area contributed by atoms with Crippen molar-refractivity contribution in [3.63, 3.8) is 0 Å². The highest BCUT2D eigenvalue weighted by molar-refractivity contribution is 5.77. The molecule has 1 aliphatic carbocycles. The molecule has 3 heteroatoms. The summed E-state index contributed by atoms with van der Waals surface area (Å²) in [5.41, 5.74) is 1.62. The van der Waals surface area contributed by atoms with Crippen LogP contribution in [-0.2, 0) is 0 Å². The number of rotatable bonds is 3. The molecule has 1 aliphatic rings. The summed E-state index contributed by atoms with van der Waals surface area (Å²) in [4.78, 5) is 12.9. The second kappa shape index (κ2) is 5.32. The number of aldehydes is 1. The van der Waals surface area contributed by atoms with Gasteiger partial charge in [-0.1, -0.05) is 13.8 Å². The van der Waals surface area contributed by atoms with Crippen molar-refractivity contribution < 1.29 is 9.18 Å². The zero-order chi connectivity index (χ0) is 14.0. The van der Waals surface area contributed by atoms with E-state index in [1.165, 1.54) is 25.0 Å². The average Bonchev–Trinajstić information content (AvgIpc) is 2.37. The lowest BCUT2D eigenvalue weighted by Gasteiger charge is -2.39. The minimum atomic E-state index is -0.345. The van der Waals surface area contributed by atoms with E-state index >= 15 is 0 Å². The van der Waals surface area contributed by atoms with Crippen molar-refractivity contribution in [3.05, 3.63) is 29.6 Å². The summed E-state index contributed by atoms with van der Waals surface area (Å²) >= 11 is 0. The maximum Gasteiger partial charge on any atom is 0.150 e. The minimum absolute atomic E-state index is 0.345. The quantitative estimate of drug-likeness (QED) is 0.767. The number of halogens is 1. The fourth-order valence-electron chi connectivity index (χ4n) is 2.85. The summed E-state index contributed by atoms with van der Waals surface area (Å²) in [5, 5.41) is 0. The smallest absolute Gasteiger partial charge is 0.150 e. The number of anilines is 1. The Morgan fingerprint density at radius 1 is 1.26 bits per heavy atom.